The third-order valence-corrected chi connectivity index (χ3v) is 3.63. The van der Waals surface area contributed by atoms with E-state index in [2.05, 4.69) is 10.6 Å². The fourth-order valence-corrected chi connectivity index (χ4v) is 2.24. The van der Waals surface area contributed by atoms with Gasteiger partial charge in [0.1, 0.15) is 0 Å². The molecule has 2 aromatic carbocycles. The van der Waals surface area contributed by atoms with Crippen LogP contribution in [0.1, 0.15) is 15.9 Å². The van der Waals surface area contributed by atoms with Gasteiger partial charge in [0.05, 0.1) is 10.5 Å². The largest absolute Gasteiger partial charge is 0.387 e. The highest BCUT2D eigenvalue weighted by Gasteiger charge is 2.16. The number of non-ortho nitro benzene ring substituents is 1. The Morgan fingerprint density at radius 1 is 1.17 bits per heavy atom. The van der Waals surface area contributed by atoms with Gasteiger partial charge in [0.2, 0.25) is 0 Å². The standard InChI is InChI=1S/C17H20N4O3/c1-18-16-9-8-14(21(23)24)10-15(16)17(22)19-11-12-4-6-13(7-5-12)20(2)3/h4-10,18H,11H2,1-3H3,(H,19,22). The summed E-state index contributed by atoms with van der Waals surface area (Å²) in [7, 11) is 5.58. The van der Waals surface area contributed by atoms with Gasteiger partial charge in [-0.3, -0.25) is 14.9 Å². The molecule has 7 heteroatoms. The van der Waals surface area contributed by atoms with Crippen LogP contribution in [0.25, 0.3) is 0 Å². The number of anilines is 2. The number of amides is 1. The van der Waals surface area contributed by atoms with E-state index in [-0.39, 0.29) is 17.2 Å². The van der Waals surface area contributed by atoms with Crippen LogP contribution in [0.15, 0.2) is 42.5 Å². The van der Waals surface area contributed by atoms with Crippen molar-refractivity contribution in [2.75, 3.05) is 31.4 Å². The molecule has 0 heterocycles. The lowest BCUT2D eigenvalue weighted by Gasteiger charge is -2.13. The molecule has 1 amide bonds. The van der Waals surface area contributed by atoms with E-state index in [0.717, 1.165) is 11.3 Å². The smallest absolute Gasteiger partial charge is 0.270 e. The van der Waals surface area contributed by atoms with Crippen LogP contribution in [0.5, 0.6) is 0 Å². The summed E-state index contributed by atoms with van der Waals surface area (Å²) >= 11 is 0. The van der Waals surface area contributed by atoms with Crippen molar-refractivity contribution in [3.63, 3.8) is 0 Å². The molecule has 0 aliphatic rings. The maximum absolute atomic E-state index is 12.4. The van der Waals surface area contributed by atoms with Crippen LogP contribution in [-0.2, 0) is 6.54 Å². The van der Waals surface area contributed by atoms with Gasteiger partial charge in [-0.25, -0.2) is 0 Å². The van der Waals surface area contributed by atoms with Gasteiger partial charge in [0.25, 0.3) is 11.6 Å². The third kappa shape index (κ3) is 4.01. The van der Waals surface area contributed by atoms with Gasteiger partial charge in [0.15, 0.2) is 0 Å². The zero-order valence-corrected chi connectivity index (χ0v) is 13.9. The van der Waals surface area contributed by atoms with E-state index in [0.29, 0.717) is 12.2 Å². The second kappa shape index (κ2) is 7.45. The molecule has 2 aromatic rings. The Morgan fingerprint density at radius 3 is 2.38 bits per heavy atom. The summed E-state index contributed by atoms with van der Waals surface area (Å²) in [5, 5.41) is 16.6. The number of rotatable bonds is 6. The van der Waals surface area contributed by atoms with Crippen molar-refractivity contribution < 1.29 is 9.72 Å². The Labute approximate surface area is 140 Å². The minimum absolute atomic E-state index is 0.116. The van der Waals surface area contributed by atoms with Crippen molar-refractivity contribution in [1.82, 2.24) is 5.32 Å². The van der Waals surface area contributed by atoms with E-state index in [1.54, 1.807) is 7.05 Å². The second-order valence-corrected chi connectivity index (χ2v) is 5.48. The number of nitro groups is 1. The Kier molecular flexibility index (Phi) is 5.36. The highest BCUT2D eigenvalue weighted by atomic mass is 16.6. The molecule has 0 aliphatic carbocycles. The molecule has 0 fully saturated rings. The van der Waals surface area contributed by atoms with Crippen LogP contribution in [0.2, 0.25) is 0 Å². The summed E-state index contributed by atoms with van der Waals surface area (Å²) in [4.78, 5) is 24.7. The van der Waals surface area contributed by atoms with E-state index in [1.165, 1.54) is 18.2 Å². The average Bonchev–Trinajstić information content (AvgIpc) is 2.59. The number of hydrogen-bond donors (Lipinski definition) is 2. The Hall–Kier alpha value is -3.09. The quantitative estimate of drug-likeness (QED) is 0.629. The van der Waals surface area contributed by atoms with Crippen molar-refractivity contribution in [3.8, 4) is 0 Å². The molecule has 0 spiro atoms. The maximum Gasteiger partial charge on any atom is 0.270 e. The van der Waals surface area contributed by atoms with E-state index in [1.807, 2.05) is 43.3 Å². The molecular weight excluding hydrogens is 308 g/mol. The Balaban J connectivity index is 2.11. The number of nitro benzene ring substituents is 1. The molecule has 0 saturated carbocycles. The minimum Gasteiger partial charge on any atom is -0.387 e. The van der Waals surface area contributed by atoms with Crippen LogP contribution in [0.3, 0.4) is 0 Å². The number of nitrogens with one attached hydrogen (secondary N) is 2. The van der Waals surface area contributed by atoms with E-state index in [9.17, 15) is 14.9 Å². The summed E-state index contributed by atoms with van der Waals surface area (Å²) in [6.07, 6.45) is 0. The SMILES string of the molecule is CNc1ccc([N+](=O)[O-])cc1C(=O)NCc1ccc(N(C)C)cc1. The zero-order valence-electron chi connectivity index (χ0n) is 13.9. The molecule has 0 aliphatic heterocycles. The summed E-state index contributed by atoms with van der Waals surface area (Å²) < 4.78 is 0. The Bertz CT molecular complexity index is 742. The molecule has 0 aromatic heterocycles. The first-order valence-corrected chi connectivity index (χ1v) is 7.43. The second-order valence-electron chi connectivity index (χ2n) is 5.48. The monoisotopic (exact) mass is 328 g/mol. The first kappa shape index (κ1) is 17.3. The van der Waals surface area contributed by atoms with Crippen molar-refractivity contribution in [1.29, 1.82) is 0 Å². The van der Waals surface area contributed by atoms with Crippen LogP contribution in [-0.4, -0.2) is 32.0 Å². The Morgan fingerprint density at radius 2 is 1.83 bits per heavy atom. The lowest BCUT2D eigenvalue weighted by Crippen LogP contribution is -2.24. The first-order chi connectivity index (χ1) is 11.4. The van der Waals surface area contributed by atoms with Gasteiger partial charge < -0.3 is 15.5 Å². The molecule has 0 atom stereocenters. The highest BCUT2D eigenvalue weighted by molar-refractivity contribution is 6.00. The zero-order chi connectivity index (χ0) is 17.7. The van der Waals surface area contributed by atoms with Gasteiger partial charge in [-0.15, -0.1) is 0 Å². The fraction of sp³-hybridized carbons (Fsp3) is 0.235. The summed E-state index contributed by atoms with van der Waals surface area (Å²) in [6, 6.07) is 12.0. The molecule has 0 bridgehead atoms. The van der Waals surface area contributed by atoms with E-state index >= 15 is 0 Å². The van der Waals surface area contributed by atoms with Gasteiger partial charge in [0, 0.05) is 51.2 Å². The van der Waals surface area contributed by atoms with Gasteiger partial charge in [-0.05, 0) is 23.8 Å². The summed E-state index contributed by atoms with van der Waals surface area (Å²) in [5.74, 6) is -0.361. The third-order valence-electron chi connectivity index (χ3n) is 3.63. The van der Waals surface area contributed by atoms with Gasteiger partial charge in [-0.1, -0.05) is 12.1 Å². The fourth-order valence-electron chi connectivity index (χ4n) is 2.24. The molecule has 2 N–H and O–H groups in total. The first-order valence-electron chi connectivity index (χ1n) is 7.43. The number of carbonyl (C=O) groups is 1. The van der Waals surface area contributed by atoms with Gasteiger partial charge in [-0.2, -0.15) is 0 Å². The van der Waals surface area contributed by atoms with E-state index in [4.69, 9.17) is 0 Å². The van der Waals surface area contributed by atoms with Crippen molar-refractivity contribution in [2.45, 2.75) is 6.54 Å². The summed E-state index contributed by atoms with van der Waals surface area (Å²) in [5.41, 5.74) is 2.69. The number of benzene rings is 2. The molecule has 126 valence electrons. The molecule has 7 nitrogen and oxygen atoms in total. The van der Waals surface area contributed by atoms with Crippen molar-refractivity contribution >= 4 is 23.0 Å². The van der Waals surface area contributed by atoms with E-state index < -0.39 is 4.92 Å². The van der Waals surface area contributed by atoms with Crippen LogP contribution in [0, 0.1) is 10.1 Å². The van der Waals surface area contributed by atoms with Gasteiger partial charge >= 0.3 is 0 Å². The topological polar surface area (TPSA) is 87.5 Å². The molecule has 2 rings (SSSR count). The normalized spacial score (nSPS) is 10.1. The molecule has 24 heavy (non-hydrogen) atoms. The predicted molar refractivity (Wildman–Crippen MR) is 94.6 cm³/mol. The molecular formula is C17H20N4O3. The number of carbonyl (C=O) groups excluding carboxylic acids is 1. The molecule has 0 radical (unpaired) electrons. The lowest BCUT2D eigenvalue weighted by molar-refractivity contribution is -0.384. The van der Waals surface area contributed by atoms with Crippen LogP contribution >= 0.6 is 0 Å². The maximum atomic E-state index is 12.4. The van der Waals surface area contributed by atoms with Crippen LogP contribution in [0.4, 0.5) is 17.1 Å². The van der Waals surface area contributed by atoms with Crippen molar-refractivity contribution in [2.24, 2.45) is 0 Å². The molecule has 0 unspecified atom stereocenters. The average molecular weight is 328 g/mol. The predicted octanol–water partition coefficient (Wildman–Crippen LogP) is 2.63. The lowest BCUT2D eigenvalue weighted by atomic mass is 10.1. The van der Waals surface area contributed by atoms with Crippen molar-refractivity contribution in [3.05, 3.63) is 63.7 Å². The highest BCUT2D eigenvalue weighted by Crippen LogP contribution is 2.22. The summed E-state index contributed by atoms with van der Waals surface area (Å²) in [6.45, 7) is 0.346. The molecule has 0 saturated heterocycles. The van der Waals surface area contributed by atoms with Crippen LogP contribution < -0.4 is 15.5 Å². The number of nitrogens with zero attached hydrogens (tertiary/aromatic N) is 2. The number of hydrogen-bond acceptors (Lipinski definition) is 5. The minimum atomic E-state index is -0.518.